The standard InChI is InChI=1S/C20H19NO4S2/c21-20-16(14-26(22,23)18-10-3-1-4-11-18)8-7-9-17(20)15-27(24,25)19-12-5-2-6-13-19/h1-13H,14-15,21H2. The average Bonchev–Trinajstić information content (AvgIpc) is 2.66. The van der Waals surface area contributed by atoms with E-state index < -0.39 is 19.7 Å². The zero-order chi connectivity index (χ0) is 19.5. The first-order valence-electron chi connectivity index (χ1n) is 8.21. The SMILES string of the molecule is Nc1c(CS(=O)(=O)c2ccccc2)cccc1CS(=O)(=O)c1ccccc1. The number of nitrogens with two attached hydrogens (primary N) is 1. The van der Waals surface area contributed by atoms with E-state index in [9.17, 15) is 16.8 Å². The van der Waals surface area contributed by atoms with Gasteiger partial charge in [0.2, 0.25) is 0 Å². The van der Waals surface area contributed by atoms with E-state index in [2.05, 4.69) is 0 Å². The van der Waals surface area contributed by atoms with Gasteiger partial charge in [0.25, 0.3) is 0 Å². The van der Waals surface area contributed by atoms with Crippen molar-refractivity contribution in [1.29, 1.82) is 0 Å². The van der Waals surface area contributed by atoms with Crippen LogP contribution in [-0.2, 0) is 31.2 Å². The number of rotatable bonds is 6. The maximum Gasteiger partial charge on any atom is 0.182 e. The lowest BCUT2D eigenvalue weighted by Crippen LogP contribution is -2.11. The maximum atomic E-state index is 12.6. The molecule has 0 aliphatic carbocycles. The second kappa shape index (κ2) is 7.54. The zero-order valence-electron chi connectivity index (χ0n) is 14.4. The third-order valence-electron chi connectivity index (χ3n) is 4.18. The average molecular weight is 402 g/mol. The normalized spacial score (nSPS) is 12.0. The Bertz CT molecular complexity index is 1050. The molecule has 7 heteroatoms. The van der Waals surface area contributed by atoms with Crippen molar-refractivity contribution in [2.75, 3.05) is 5.73 Å². The first kappa shape index (κ1) is 19.1. The van der Waals surface area contributed by atoms with Gasteiger partial charge in [0.15, 0.2) is 19.7 Å². The molecular weight excluding hydrogens is 382 g/mol. The number of para-hydroxylation sites is 1. The Morgan fingerprint density at radius 3 is 1.30 bits per heavy atom. The number of sulfone groups is 2. The smallest absolute Gasteiger partial charge is 0.182 e. The second-order valence-electron chi connectivity index (χ2n) is 6.13. The lowest BCUT2D eigenvalue weighted by molar-refractivity contribution is 0.594. The quantitative estimate of drug-likeness (QED) is 0.640. The van der Waals surface area contributed by atoms with Gasteiger partial charge in [-0.15, -0.1) is 0 Å². The Morgan fingerprint density at radius 1 is 0.556 bits per heavy atom. The van der Waals surface area contributed by atoms with Crippen molar-refractivity contribution in [2.45, 2.75) is 21.3 Å². The van der Waals surface area contributed by atoms with Crippen molar-refractivity contribution in [1.82, 2.24) is 0 Å². The van der Waals surface area contributed by atoms with Gasteiger partial charge < -0.3 is 5.73 Å². The van der Waals surface area contributed by atoms with Crippen molar-refractivity contribution in [3.8, 4) is 0 Å². The minimum Gasteiger partial charge on any atom is -0.398 e. The molecule has 0 heterocycles. The molecule has 0 fully saturated rings. The Hall–Kier alpha value is -2.64. The molecule has 0 saturated carbocycles. The molecule has 140 valence electrons. The van der Waals surface area contributed by atoms with Gasteiger partial charge in [-0.1, -0.05) is 54.6 Å². The minimum absolute atomic E-state index is 0.191. The maximum absolute atomic E-state index is 12.6. The van der Waals surface area contributed by atoms with Crippen LogP contribution < -0.4 is 5.73 Å². The molecular formula is C20H19NO4S2. The number of nitrogen functional groups attached to an aromatic ring is 1. The summed E-state index contributed by atoms with van der Waals surface area (Å²) in [5.41, 5.74) is 7.09. The number of hydrogen-bond acceptors (Lipinski definition) is 5. The molecule has 5 nitrogen and oxygen atoms in total. The summed E-state index contributed by atoms with van der Waals surface area (Å²) < 4.78 is 50.4. The van der Waals surface area contributed by atoms with Crippen LogP contribution in [0.25, 0.3) is 0 Å². The molecule has 0 saturated heterocycles. The van der Waals surface area contributed by atoms with E-state index in [4.69, 9.17) is 5.73 Å². The second-order valence-corrected chi connectivity index (χ2v) is 10.1. The summed E-state index contributed by atoms with van der Waals surface area (Å²) in [5, 5.41) is 0. The summed E-state index contributed by atoms with van der Waals surface area (Å²) in [4.78, 5) is 0.401. The molecule has 3 aromatic rings. The third kappa shape index (κ3) is 4.37. The highest BCUT2D eigenvalue weighted by atomic mass is 32.2. The van der Waals surface area contributed by atoms with Crippen LogP contribution in [-0.4, -0.2) is 16.8 Å². The van der Waals surface area contributed by atoms with Gasteiger partial charge in [-0.05, 0) is 35.4 Å². The molecule has 27 heavy (non-hydrogen) atoms. The molecule has 0 aromatic heterocycles. The summed E-state index contributed by atoms with van der Waals surface area (Å²) in [6, 6.07) is 21.0. The topological polar surface area (TPSA) is 94.3 Å². The molecule has 0 aliphatic heterocycles. The van der Waals surface area contributed by atoms with Gasteiger partial charge in [0.05, 0.1) is 21.3 Å². The highest BCUT2D eigenvalue weighted by molar-refractivity contribution is 7.91. The van der Waals surface area contributed by atoms with Crippen molar-refractivity contribution in [3.63, 3.8) is 0 Å². The summed E-state index contributed by atoms with van der Waals surface area (Å²) in [6.45, 7) is 0. The minimum atomic E-state index is -3.58. The predicted octanol–water partition coefficient (Wildman–Crippen LogP) is 3.22. The fourth-order valence-corrected chi connectivity index (χ4v) is 5.55. The van der Waals surface area contributed by atoms with E-state index in [0.717, 1.165) is 0 Å². The van der Waals surface area contributed by atoms with Crippen LogP contribution in [0.1, 0.15) is 11.1 Å². The fraction of sp³-hybridized carbons (Fsp3) is 0.100. The van der Waals surface area contributed by atoms with Crippen LogP contribution in [0.5, 0.6) is 0 Å². The van der Waals surface area contributed by atoms with E-state index >= 15 is 0 Å². The monoisotopic (exact) mass is 401 g/mol. The molecule has 3 rings (SSSR count). The van der Waals surface area contributed by atoms with Gasteiger partial charge in [-0.25, -0.2) is 16.8 Å². The van der Waals surface area contributed by atoms with E-state index in [-0.39, 0.29) is 27.0 Å². The van der Waals surface area contributed by atoms with Crippen molar-refractivity contribution < 1.29 is 16.8 Å². The Labute approximate surface area is 159 Å². The summed E-state index contributed by atoms with van der Waals surface area (Å²) in [6.07, 6.45) is 0. The molecule has 0 spiro atoms. The lowest BCUT2D eigenvalue weighted by atomic mass is 10.1. The third-order valence-corrected chi connectivity index (χ3v) is 7.55. The Balaban J connectivity index is 1.91. The molecule has 2 N–H and O–H groups in total. The highest BCUT2D eigenvalue weighted by Crippen LogP contribution is 2.26. The largest absolute Gasteiger partial charge is 0.398 e. The van der Waals surface area contributed by atoms with Gasteiger partial charge in [0, 0.05) is 5.69 Å². The van der Waals surface area contributed by atoms with Crippen molar-refractivity contribution >= 4 is 25.4 Å². The van der Waals surface area contributed by atoms with Crippen LogP contribution >= 0.6 is 0 Å². The molecule has 0 radical (unpaired) electrons. The van der Waals surface area contributed by atoms with E-state index in [0.29, 0.717) is 11.1 Å². The first-order chi connectivity index (χ1) is 12.8. The molecule has 0 amide bonds. The predicted molar refractivity (Wildman–Crippen MR) is 106 cm³/mol. The van der Waals surface area contributed by atoms with Gasteiger partial charge in [0.1, 0.15) is 0 Å². The van der Waals surface area contributed by atoms with Gasteiger partial charge >= 0.3 is 0 Å². The zero-order valence-corrected chi connectivity index (χ0v) is 16.1. The van der Waals surface area contributed by atoms with E-state index in [1.165, 1.54) is 24.3 Å². The first-order valence-corrected chi connectivity index (χ1v) is 11.5. The van der Waals surface area contributed by atoms with Crippen LogP contribution in [0.2, 0.25) is 0 Å². The molecule has 0 atom stereocenters. The van der Waals surface area contributed by atoms with Crippen LogP contribution in [0.4, 0.5) is 5.69 Å². The summed E-state index contributed by atoms with van der Waals surface area (Å²) in [7, 11) is -7.16. The Morgan fingerprint density at radius 2 is 0.926 bits per heavy atom. The van der Waals surface area contributed by atoms with Gasteiger partial charge in [-0.2, -0.15) is 0 Å². The molecule has 0 aliphatic rings. The summed E-state index contributed by atoms with van der Waals surface area (Å²) >= 11 is 0. The summed E-state index contributed by atoms with van der Waals surface area (Å²) in [5.74, 6) is -0.579. The van der Waals surface area contributed by atoms with Gasteiger partial charge in [-0.3, -0.25) is 0 Å². The number of benzene rings is 3. The fourth-order valence-electron chi connectivity index (χ4n) is 2.75. The van der Waals surface area contributed by atoms with Crippen LogP contribution in [0.15, 0.2) is 88.7 Å². The lowest BCUT2D eigenvalue weighted by Gasteiger charge is -2.12. The van der Waals surface area contributed by atoms with Crippen molar-refractivity contribution in [3.05, 3.63) is 90.0 Å². The van der Waals surface area contributed by atoms with Crippen LogP contribution in [0, 0.1) is 0 Å². The van der Waals surface area contributed by atoms with Crippen molar-refractivity contribution in [2.24, 2.45) is 0 Å². The molecule has 0 unspecified atom stereocenters. The molecule has 0 bridgehead atoms. The molecule has 3 aromatic carbocycles. The van der Waals surface area contributed by atoms with Crippen LogP contribution in [0.3, 0.4) is 0 Å². The highest BCUT2D eigenvalue weighted by Gasteiger charge is 2.20. The van der Waals surface area contributed by atoms with E-state index in [1.807, 2.05) is 0 Å². The number of hydrogen-bond donors (Lipinski definition) is 1. The van der Waals surface area contributed by atoms with E-state index in [1.54, 1.807) is 54.6 Å². The number of anilines is 1. The Kier molecular flexibility index (Phi) is 5.34.